The molecule has 79 valence electrons. The molecule has 0 aromatic heterocycles. The van der Waals surface area contributed by atoms with Crippen LogP contribution in [-0.2, 0) is 0 Å². The highest BCUT2D eigenvalue weighted by molar-refractivity contribution is 5.94. The Hall–Kier alpha value is -1.89. The van der Waals surface area contributed by atoms with Crippen LogP contribution in [-0.4, -0.2) is 5.78 Å². The zero-order valence-corrected chi connectivity index (χ0v) is 9.18. The number of carbonyl (C=O) groups excluding carboxylic acids is 1. The van der Waals surface area contributed by atoms with Gasteiger partial charge in [0.1, 0.15) is 0 Å². The molecule has 0 saturated heterocycles. The van der Waals surface area contributed by atoms with Gasteiger partial charge in [-0.2, -0.15) is 0 Å². The van der Waals surface area contributed by atoms with Crippen molar-refractivity contribution >= 4 is 5.78 Å². The molecule has 0 bridgehead atoms. The fraction of sp³-hybridized carbons (Fsp3) is 0.0667. The summed E-state index contributed by atoms with van der Waals surface area (Å²) in [7, 11) is 0. The molecule has 0 aliphatic rings. The number of hydrogen-bond acceptors (Lipinski definition) is 1. The van der Waals surface area contributed by atoms with Gasteiger partial charge in [-0.3, -0.25) is 4.79 Å². The Bertz CT molecular complexity index is 469. The molecule has 1 nitrogen and oxygen atoms in total. The van der Waals surface area contributed by atoms with Gasteiger partial charge in [0.25, 0.3) is 0 Å². The quantitative estimate of drug-likeness (QED) is 0.707. The number of Topliss-reactive ketones (excluding diaryl/α,β-unsaturated/α-hetero) is 1. The van der Waals surface area contributed by atoms with Crippen molar-refractivity contribution in [3.05, 3.63) is 77.7 Å². The molecule has 0 fully saturated rings. The van der Waals surface area contributed by atoms with Gasteiger partial charge < -0.3 is 0 Å². The first-order valence-electron chi connectivity index (χ1n) is 5.26. The van der Waals surface area contributed by atoms with Crippen LogP contribution in [0.1, 0.15) is 28.4 Å². The van der Waals surface area contributed by atoms with E-state index < -0.39 is 0 Å². The van der Waals surface area contributed by atoms with Crippen LogP contribution in [0.5, 0.6) is 0 Å². The smallest absolute Gasteiger partial charge is 0.159 e. The van der Waals surface area contributed by atoms with Gasteiger partial charge in [0.2, 0.25) is 0 Å². The molecule has 0 saturated carbocycles. The number of carbonyl (C=O) groups is 1. The Morgan fingerprint density at radius 3 is 2.00 bits per heavy atom. The molecule has 0 N–H and O–H groups in total. The minimum Gasteiger partial charge on any atom is -0.295 e. The molecule has 0 heterocycles. The number of benzene rings is 2. The minimum absolute atomic E-state index is 0.103. The number of ketones is 1. The fourth-order valence-corrected chi connectivity index (χ4v) is 1.56. The van der Waals surface area contributed by atoms with E-state index in [0.717, 1.165) is 16.7 Å². The molecule has 0 atom stereocenters. The molecular weight excluding hydrogens is 196 g/mol. The highest BCUT2D eigenvalue weighted by atomic mass is 16.1. The summed E-state index contributed by atoms with van der Waals surface area (Å²) in [6.45, 7) is 1.58. The molecule has 2 rings (SSSR count). The van der Waals surface area contributed by atoms with Crippen molar-refractivity contribution in [1.82, 2.24) is 0 Å². The molecule has 0 aliphatic heterocycles. The second kappa shape index (κ2) is 4.75. The molecule has 2 aromatic rings. The lowest BCUT2D eigenvalue weighted by Gasteiger charge is -2.02. The highest BCUT2D eigenvalue weighted by Gasteiger charge is 1.99. The SMILES string of the molecule is CC(=O)c1ccc([CH]c2ccccc2)cc1. The second-order valence-corrected chi connectivity index (χ2v) is 3.73. The van der Waals surface area contributed by atoms with Crippen LogP contribution < -0.4 is 0 Å². The van der Waals surface area contributed by atoms with Crippen LogP contribution in [0.4, 0.5) is 0 Å². The highest BCUT2D eigenvalue weighted by Crippen LogP contribution is 2.12. The molecular formula is C15H13O. The summed E-state index contributed by atoms with van der Waals surface area (Å²) >= 11 is 0. The van der Waals surface area contributed by atoms with Crippen LogP contribution in [0.3, 0.4) is 0 Å². The van der Waals surface area contributed by atoms with Crippen LogP contribution in [0, 0.1) is 6.42 Å². The van der Waals surface area contributed by atoms with Crippen molar-refractivity contribution in [1.29, 1.82) is 0 Å². The van der Waals surface area contributed by atoms with Gasteiger partial charge in [-0.25, -0.2) is 0 Å². The third kappa shape index (κ3) is 2.57. The molecule has 0 spiro atoms. The zero-order chi connectivity index (χ0) is 11.4. The molecule has 0 aliphatic carbocycles. The van der Waals surface area contributed by atoms with Gasteiger partial charge in [0.15, 0.2) is 5.78 Å². The van der Waals surface area contributed by atoms with E-state index in [2.05, 4.69) is 18.6 Å². The Kier molecular flexibility index (Phi) is 3.16. The molecule has 0 amide bonds. The van der Waals surface area contributed by atoms with Gasteiger partial charge >= 0.3 is 0 Å². The Morgan fingerprint density at radius 1 is 0.875 bits per heavy atom. The van der Waals surface area contributed by atoms with Crippen molar-refractivity contribution in [2.45, 2.75) is 6.92 Å². The Labute approximate surface area is 95.7 Å². The molecule has 2 aromatic carbocycles. The zero-order valence-electron chi connectivity index (χ0n) is 9.18. The lowest BCUT2D eigenvalue weighted by atomic mass is 10.0. The number of rotatable bonds is 3. The summed E-state index contributed by atoms with van der Waals surface area (Å²) in [4.78, 5) is 11.1. The summed E-state index contributed by atoms with van der Waals surface area (Å²) in [5.41, 5.74) is 3.03. The molecule has 0 unspecified atom stereocenters. The summed E-state index contributed by atoms with van der Waals surface area (Å²) < 4.78 is 0. The maximum Gasteiger partial charge on any atom is 0.159 e. The summed E-state index contributed by atoms with van der Waals surface area (Å²) in [6.07, 6.45) is 2.09. The monoisotopic (exact) mass is 209 g/mol. The van der Waals surface area contributed by atoms with Crippen LogP contribution >= 0.6 is 0 Å². The summed E-state index contributed by atoms with van der Waals surface area (Å²) in [5, 5.41) is 0. The van der Waals surface area contributed by atoms with Crippen molar-refractivity contribution in [2.75, 3.05) is 0 Å². The fourth-order valence-electron chi connectivity index (χ4n) is 1.56. The van der Waals surface area contributed by atoms with E-state index in [9.17, 15) is 4.79 Å². The van der Waals surface area contributed by atoms with E-state index >= 15 is 0 Å². The van der Waals surface area contributed by atoms with Crippen LogP contribution in [0.25, 0.3) is 0 Å². The van der Waals surface area contributed by atoms with Crippen molar-refractivity contribution in [3.63, 3.8) is 0 Å². The second-order valence-electron chi connectivity index (χ2n) is 3.73. The van der Waals surface area contributed by atoms with E-state index in [1.807, 2.05) is 42.5 Å². The first-order chi connectivity index (χ1) is 7.75. The first-order valence-corrected chi connectivity index (χ1v) is 5.26. The molecule has 1 heteroatoms. The van der Waals surface area contributed by atoms with Crippen LogP contribution in [0.15, 0.2) is 54.6 Å². The normalized spacial score (nSPS) is 10.1. The van der Waals surface area contributed by atoms with Crippen molar-refractivity contribution in [2.24, 2.45) is 0 Å². The van der Waals surface area contributed by atoms with Gasteiger partial charge in [-0.15, -0.1) is 0 Å². The molecule has 16 heavy (non-hydrogen) atoms. The van der Waals surface area contributed by atoms with Gasteiger partial charge in [0.05, 0.1) is 0 Å². The summed E-state index contributed by atoms with van der Waals surface area (Å²) in [6, 6.07) is 17.8. The van der Waals surface area contributed by atoms with Crippen LogP contribution in [0.2, 0.25) is 0 Å². The van der Waals surface area contributed by atoms with E-state index in [1.165, 1.54) is 0 Å². The molecule has 1 radical (unpaired) electrons. The van der Waals surface area contributed by atoms with E-state index in [-0.39, 0.29) is 5.78 Å². The predicted octanol–water partition coefficient (Wildman–Crippen LogP) is 3.49. The largest absolute Gasteiger partial charge is 0.295 e. The Morgan fingerprint density at radius 2 is 1.44 bits per heavy atom. The van der Waals surface area contributed by atoms with Gasteiger partial charge in [-0.05, 0) is 18.1 Å². The van der Waals surface area contributed by atoms with E-state index in [0.29, 0.717) is 0 Å². The minimum atomic E-state index is 0.103. The first kappa shape index (κ1) is 10.6. The van der Waals surface area contributed by atoms with E-state index in [4.69, 9.17) is 0 Å². The maximum atomic E-state index is 11.1. The standard InChI is InChI=1S/C15H13O/c1-12(16)15-9-7-14(8-10-15)11-13-5-3-2-4-6-13/h2-11H,1H3. The van der Waals surface area contributed by atoms with Gasteiger partial charge in [-0.1, -0.05) is 54.6 Å². The Balaban J connectivity index is 2.14. The predicted molar refractivity (Wildman–Crippen MR) is 65.4 cm³/mol. The average Bonchev–Trinajstić information content (AvgIpc) is 2.31. The lowest BCUT2D eigenvalue weighted by molar-refractivity contribution is 0.101. The maximum absolute atomic E-state index is 11.1. The van der Waals surface area contributed by atoms with Crippen molar-refractivity contribution < 1.29 is 4.79 Å². The third-order valence-corrected chi connectivity index (χ3v) is 2.45. The average molecular weight is 209 g/mol. The van der Waals surface area contributed by atoms with Gasteiger partial charge in [0, 0.05) is 12.0 Å². The lowest BCUT2D eigenvalue weighted by Crippen LogP contribution is -1.92. The summed E-state index contributed by atoms with van der Waals surface area (Å²) in [5.74, 6) is 0.103. The van der Waals surface area contributed by atoms with Crippen molar-refractivity contribution in [3.8, 4) is 0 Å². The number of hydrogen-bond donors (Lipinski definition) is 0. The third-order valence-electron chi connectivity index (χ3n) is 2.45. The van der Waals surface area contributed by atoms with E-state index in [1.54, 1.807) is 6.92 Å². The topological polar surface area (TPSA) is 17.1 Å².